The molecule has 1 N–H and O–H groups in total. The molecule has 134 valence electrons. The average molecular weight is 341 g/mol. The van der Waals surface area contributed by atoms with Crippen LogP contribution in [0.2, 0.25) is 0 Å². The van der Waals surface area contributed by atoms with Gasteiger partial charge in [-0.2, -0.15) is 0 Å². The van der Waals surface area contributed by atoms with Crippen LogP contribution in [-0.4, -0.2) is 18.2 Å². The number of rotatable bonds is 6. The largest absolute Gasteiger partial charge is 0.489 e. The van der Waals surface area contributed by atoms with E-state index in [1.807, 2.05) is 57.2 Å². The van der Waals surface area contributed by atoms with Crippen molar-refractivity contribution in [3.05, 3.63) is 65.2 Å². The molecule has 0 heterocycles. The summed E-state index contributed by atoms with van der Waals surface area (Å²) in [5, 5.41) is 2.76. The second-order valence-corrected chi connectivity index (χ2v) is 7.04. The maximum absolute atomic E-state index is 11.6. The van der Waals surface area contributed by atoms with Crippen molar-refractivity contribution < 1.29 is 14.3 Å². The molecular weight excluding hydrogens is 314 g/mol. The minimum absolute atomic E-state index is 0.384. The summed E-state index contributed by atoms with van der Waals surface area (Å²) >= 11 is 0. The van der Waals surface area contributed by atoms with Gasteiger partial charge in [0.2, 0.25) is 0 Å². The number of hydrogen-bond acceptors (Lipinski definition) is 3. The van der Waals surface area contributed by atoms with Crippen molar-refractivity contribution >= 4 is 6.09 Å². The van der Waals surface area contributed by atoms with Crippen molar-refractivity contribution in [3.8, 4) is 5.75 Å². The molecule has 0 aliphatic carbocycles. The molecule has 4 nitrogen and oxygen atoms in total. The van der Waals surface area contributed by atoms with Crippen LogP contribution < -0.4 is 10.1 Å². The maximum atomic E-state index is 11.6. The molecule has 2 aromatic rings. The van der Waals surface area contributed by atoms with E-state index in [0.29, 0.717) is 13.2 Å². The molecule has 0 fully saturated rings. The predicted molar refractivity (Wildman–Crippen MR) is 99.9 cm³/mol. The van der Waals surface area contributed by atoms with Gasteiger partial charge in [-0.1, -0.05) is 36.4 Å². The van der Waals surface area contributed by atoms with Gasteiger partial charge in [0, 0.05) is 6.54 Å². The molecule has 0 aliphatic heterocycles. The van der Waals surface area contributed by atoms with E-state index in [9.17, 15) is 4.79 Å². The third-order valence-corrected chi connectivity index (χ3v) is 3.66. The minimum atomic E-state index is -0.472. The Hall–Kier alpha value is -2.49. The molecule has 0 unspecified atom stereocenters. The molecule has 0 saturated heterocycles. The Labute approximate surface area is 150 Å². The van der Waals surface area contributed by atoms with Crippen molar-refractivity contribution in [1.29, 1.82) is 0 Å². The number of nitrogens with one attached hydrogen (secondary N) is 1. The first kappa shape index (κ1) is 18.8. The summed E-state index contributed by atoms with van der Waals surface area (Å²) in [6, 6.07) is 16.2. The second-order valence-electron chi connectivity index (χ2n) is 7.04. The van der Waals surface area contributed by atoms with Crippen molar-refractivity contribution in [2.24, 2.45) is 0 Å². The summed E-state index contributed by atoms with van der Waals surface area (Å²) in [4.78, 5) is 11.6. The summed E-state index contributed by atoms with van der Waals surface area (Å²) < 4.78 is 11.0. The van der Waals surface area contributed by atoms with Crippen LogP contribution in [0.5, 0.6) is 5.75 Å². The van der Waals surface area contributed by atoms with E-state index < -0.39 is 5.60 Å². The van der Waals surface area contributed by atoms with Gasteiger partial charge in [-0.3, -0.25) is 0 Å². The van der Waals surface area contributed by atoms with E-state index in [-0.39, 0.29) is 6.09 Å². The second kappa shape index (κ2) is 8.56. The first-order valence-corrected chi connectivity index (χ1v) is 8.56. The number of carbonyl (C=O) groups excluding carboxylic acids is 1. The lowest BCUT2D eigenvalue weighted by Crippen LogP contribution is -2.33. The van der Waals surface area contributed by atoms with E-state index in [2.05, 4.69) is 24.4 Å². The average Bonchev–Trinajstić information content (AvgIpc) is 2.54. The molecule has 0 atom stereocenters. The number of amides is 1. The van der Waals surface area contributed by atoms with Gasteiger partial charge < -0.3 is 14.8 Å². The Bertz CT molecular complexity index is 687. The first-order chi connectivity index (χ1) is 11.8. The minimum Gasteiger partial charge on any atom is -0.489 e. The molecule has 0 radical (unpaired) electrons. The fraction of sp³-hybridized carbons (Fsp3) is 0.381. The highest BCUT2D eigenvalue weighted by atomic mass is 16.6. The summed E-state index contributed by atoms with van der Waals surface area (Å²) in [7, 11) is 0. The van der Waals surface area contributed by atoms with Crippen LogP contribution in [0.15, 0.2) is 48.5 Å². The van der Waals surface area contributed by atoms with Gasteiger partial charge in [0.15, 0.2) is 0 Å². The Kier molecular flexibility index (Phi) is 6.45. The summed E-state index contributed by atoms with van der Waals surface area (Å²) in [6.07, 6.45) is 0.364. The number of hydrogen-bond donors (Lipinski definition) is 1. The lowest BCUT2D eigenvalue weighted by molar-refractivity contribution is 0.0528. The molecule has 0 spiro atoms. The molecule has 0 aliphatic rings. The van der Waals surface area contributed by atoms with E-state index >= 15 is 0 Å². The van der Waals surface area contributed by atoms with Gasteiger partial charge in [-0.15, -0.1) is 0 Å². The third-order valence-electron chi connectivity index (χ3n) is 3.66. The standard InChI is InChI=1S/C21H27NO3/c1-16-7-5-6-8-18(16)15-24-19-11-9-17(10-12-19)13-14-22-20(23)25-21(2,3)4/h5-12H,13-15H2,1-4H3,(H,22,23). The Morgan fingerprint density at radius 3 is 2.36 bits per heavy atom. The van der Waals surface area contributed by atoms with Gasteiger partial charge in [0.05, 0.1) is 0 Å². The zero-order valence-corrected chi connectivity index (χ0v) is 15.5. The molecule has 0 saturated carbocycles. The molecule has 2 rings (SSSR count). The van der Waals surface area contributed by atoms with Gasteiger partial charge >= 0.3 is 6.09 Å². The zero-order valence-electron chi connectivity index (χ0n) is 15.5. The van der Waals surface area contributed by atoms with Crippen molar-refractivity contribution in [3.63, 3.8) is 0 Å². The number of benzene rings is 2. The lowest BCUT2D eigenvalue weighted by Gasteiger charge is -2.19. The van der Waals surface area contributed by atoms with E-state index in [0.717, 1.165) is 17.7 Å². The fourth-order valence-corrected chi connectivity index (χ4v) is 2.31. The zero-order chi connectivity index (χ0) is 18.3. The highest BCUT2D eigenvalue weighted by Gasteiger charge is 2.15. The molecule has 0 aromatic heterocycles. The molecule has 4 heteroatoms. The normalized spacial score (nSPS) is 11.0. The predicted octanol–water partition coefficient (Wildman–Crippen LogP) is 4.64. The fourth-order valence-electron chi connectivity index (χ4n) is 2.31. The van der Waals surface area contributed by atoms with Crippen LogP contribution in [0.4, 0.5) is 4.79 Å². The quantitative estimate of drug-likeness (QED) is 0.832. The molecule has 25 heavy (non-hydrogen) atoms. The van der Waals surface area contributed by atoms with Crippen molar-refractivity contribution in [2.45, 2.75) is 46.3 Å². The van der Waals surface area contributed by atoms with Gasteiger partial charge in [-0.05, 0) is 62.9 Å². The molecule has 0 bridgehead atoms. The van der Waals surface area contributed by atoms with E-state index in [1.165, 1.54) is 11.1 Å². The van der Waals surface area contributed by atoms with Crippen LogP contribution in [-0.2, 0) is 17.8 Å². The van der Waals surface area contributed by atoms with Gasteiger partial charge in [-0.25, -0.2) is 4.79 Å². The van der Waals surface area contributed by atoms with Crippen LogP contribution in [0, 0.1) is 6.92 Å². The number of carbonyl (C=O) groups is 1. The van der Waals surface area contributed by atoms with E-state index in [4.69, 9.17) is 9.47 Å². The number of alkyl carbamates (subject to hydrolysis) is 1. The Balaban J connectivity index is 1.76. The van der Waals surface area contributed by atoms with Crippen LogP contribution in [0.25, 0.3) is 0 Å². The lowest BCUT2D eigenvalue weighted by atomic mass is 10.1. The highest BCUT2D eigenvalue weighted by molar-refractivity contribution is 5.67. The topological polar surface area (TPSA) is 47.6 Å². The molecule has 1 amide bonds. The van der Waals surface area contributed by atoms with E-state index in [1.54, 1.807) is 0 Å². The first-order valence-electron chi connectivity index (χ1n) is 8.56. The highest BCUT2D eigenvalue weighted by Crippen LogP contribution is 2.16. The summed E-state index contributed by atoms with van der Waals surface area (Å²) in [5.74, 6) is 0.840. The van der Waals surface area contributed by atoms with Crippen LogP contribution >= 0.6 is 0 Å². The monoisotopic (exact) mass is 341 g/mol. The number of ether oxygens (including phenoxy) is 2. The third kappa shape index (κ3) is 6.87. The Morgan fingerprint density at radius 1 is 1.04 bits per heavy atom. The van der Waals surface area contributed by atoms with Crippen molar-refractivity contribution in [1.82, 2.24) is 5.32 Å². The molecule has 2 aromatic carbocycles. The van der Waals surface area contributed by atoms with Crippen molar-refractivity contribution in [2.75, 3.05) is 6.54 Å². The summed E-state index contributed by atoms with van der Waals surface area (Å²) in [5.41, 5.74) is 3.08. The molecular formula is C21H27NO3. The van der Waals surface area contributed by atoms with Gasteiger partial charge in [0.25, 0.3) is 0 Å². The van der Waals surface area contributed by atoms with Crippen LogP contribution in [0.3, 0.4) is 0 Å². The smallest absolute Gasteiger partial charge is 0.407 e. The van der Waals surface area contributed by atoms with Gasteiger partial charge in [0.1, 0.15) is 18.0 Å². The Morgan fingerprint density at radius 2 is 1.72 bits per heavy atom. The SMILES string of the molecule is Cc1ccccc1COc1ccc(CCNC(=O)OC(C)(C)C)cc1. The van der Waals surface area contributed by atoms with Crippen LogP contribution in [0.1, 0.15) is 37.5 Å². The maximum Gasteiger partial charge on any atom is 0.407 e. The summed E-state index contributed by atoms with van der Waals surface area (Å²) in [6.45, 7) is 8.73. The number of aryl methyl sites for hydroxylation is 1.